The van der Waals surface area contributed by atoms with Gasteiger partial charge >= 0.3 is 0 Å². The van der Waals surface area contributed by atoms with Crippen molar-refractivity contribution in [3.05, 3.63) is 78.8 Å². The molecule has 0 radical (unpaired) electrons. The molecule has 0 saturated carbocycles. The molecule has 1 aromatic heterocycles. The average Bonchev–Trinajstić information content (AvgIpc) is 3.22. The topological polar surface area (TPSA) is 63.0 Å². The van der Waals surface area contributed by atoms with Crippen LogP contribution in [0.5, 0.6) is 5.75 Å². The maximum absolute atomic E-state index is 13.1. The van der Waals surface area contributed by atoms with Crippen LogP contribution in [-0.4, -0.2) is 25.0 Å². The number of para-hydroxylation sites is 3. The van der Waals surface area contributed by atoms with Crippen molar-refractivity contribution in [3.63, 3.8) is 0 Å². The van der Waals surface area contributed by atoms with Crippen LogP contribution in [0.15, 0.2) is 77.4 Å². The van der Waals surface area contributed by atoms with Crippen molar-refractivity contribution in [1.29, 1.82) is 0 Å². The number of ether oxygens (including phenoxy) is 1. The summed E-state index contributed by atoms with van der Waals surface area (Å²) in [5.41, 5.74) is 1.35. The Balaban J connectivity index is 1.61. The third kappa shape index (κ3) is 3.55. The van der Waals surface area contributed by atoms with Gasteiger partial charge in [-0.2, -0.15) is 0 Å². The summed E-state index contributed by atoms with van der Waals surface area (Å²) in [5.74, 6) is 0.818. The molecule has 6 nitrogen and oxygen atoms in total. The van der Waals surface area contributed by atoms with E-state index in [-0.39, 0.29) is 31.5 Å². The minimum absolute atomic E-state index is 0.0746. The minimum Gasteiger partial charge on any atom is -0.482 e. The van der Waals surface area contributed by atoms with Crippen LogP contribution in [0.1, 0.15) is 5.76 Å². The Hall–Kier alpha value is -3.54. The Bertz CT molecular complexity index is 938. The summed E-state index contributed by atoms with van der Waals surface area (Å²) in [5, 5.41) is 0. The smallest absolute Gasteiger partial charge is 0.265 e. The minimum atomic E-state index is -0.243. The molecule has 0 unspecified atom stereocenters. The molecule has 1 aliphatic rings. The van der Waals surface area contributed by atoms with Gasteiger partial charge in [-0.05, 0) is 36.4 Å². The van der Waals surface area contributed by atoms with Crippen LogP contribution in [0, 0.1) is 0 Å². The molecule has 0 saturated heterocycles. The van der Waals surface area contributed by atoms with Gasteiger partial charge in [0, 0.05) is 5.69 Å². The van der Waals surface area contributed by atoms with Gasteiger partial charge in [0.05, 0.1) is 18.5 Å². The van der Waals surface area contributed by atoms with E-state index in [2.05, 4.69) is 0 Å². The Morgan fingerprint density at radius 1 is 1.00 bits per heavy atom. The zero-order chi connectivity index (χ0) is 18.6. The van der Waals surface area contributed by atoms with E-state index in [0.29, 0.717) is 17.2 Å². The van der Waals surface area contributed by atoms with Crippen LogP contribution in [0.4, 0.5) is 11.4 Å². The highest BCUT2D eigenvalue weighted by Gasteiger charge is 2.29. The van der Waals surface area contributed by atoms with Gasteiger partial charge in [0.25, 0.3) is 5.91 Å². The van der Waals surface area contributed by atoms with Crippen LogP contribution < -0.4 is 14.5 Å². The first-order valence-electron chi connectivity index (χ1n) is 8.62. The van der Waals surface area contributed by atoms with Gasteiger partial charge in [-0.1, -0.05) is 30.3 Å². The summed E-state index contributed by atoms with van der Waals surface area (Å²) in [4.78, 5) is 28.6. The van der Waals surface area contributed by atoms with E-state index in [1.807, 2.05) is 48.5 Å². The van der Waals surface area contributed by atoms with Crippen LogP contribution in [0.2, 0.25) is 0 Å². The van der Waals surface area contributed by atoms with Crippen molar-refractivity contribution in [2.75, 3.05) is 23.0 Å². The Morgan fingerprint density at radius 2 is 1.78 bits per heavy atom. The first-order chi connectivity index (χ1) is 13.2. The van der Waals surface area contributed by atoms with Gasteiger partial charge in [0.1, 0.15) is 18.1 Å². The molecule has 0 bridgehead atoms. The van der Waals surface area contributed by atoms with Crippen molar-refractivity contribution in [2.45, 2.75) is 6.54 Å². The number of anilines is 2. The van der Waals surface area contributed by atoms with Gasteiger partial charge in [-0.25, -0.2) is 0 Å². The van der Waals surface area contributed by atoms with Crippen LogP contribution in [-0.2, 0) is 16.1 Å². The van der Waals surface area contributed by atoms with E-state index in [0.717, 1.165) is 5.69 Å². The molecule has 0 N–H and O–H groups in total. The predicted octanol–water partition coefficient (Wildman–Crippen LogP) is 3.24. The standard InChI is InChI=1S/C21H18N2O4/c24-20(14-23-18-10-4-5-11-19(18)27-15-21(23)25)22(13-17-9-6-12-26-17)16-7-2-1-3-8-16/h1-12H,13-15H2. The monoisotopic (exact) mass is 362 g/mol. The number of fused-ring (bicyclic) bond motifs is 1. The van der Waals surface area contributed by atoms with E-state index in [1.165, 1.54) is 4.90 Å². The predicted molar refractivity (Wildman–Crippen MR) is 101 cm³/mol. The summed E-state index contributed by atoms with van der Waals surface area (Å²) < 4.78 is 10.9. The molecule has 1 aliphatic heterocycles. The van der Waals surface area contributed by atoms with Crippen LogP contribution in [0.3, 0.4) is 0 Å². The fourth-order valence-electron chi connectivity index (χ4n) is 3.04. The molecule has 2 heterocycles. The Labute approximate surface area is 156 Å². The van der Waals surface area contributed by atoms with Gasteiger partial charge < -0.3 is 14.1 Å². The molecule has 0 aliphatic carbocycles. The number of carbonyl (C=O) groups is 2. The van der Waals surface area contributed by atoms with Crippen molar-refractivity contribution in [1.82, 2.24) is 0 Å². The molecule has 6 heteroatoms. The molecular formula is C21H18N2O4. The Kier molecular flexibility index (Phi) is 4.61. The lowest BCUT2D eigenvalue weighted by molar-refractivity contribution is -0.124. The first-order valence-corrected chi connectivity index (χ1v) is 8.62. The Morgan fingerprint density at radius 3 is 2.56 bits per heavy atom. The van der Waals surface area contributed by atoms with E-state index in [1.54, 1.807) is 29.4 Å². The molecule has 0 spiro atoms. The molecule has 2 amide bonds. The molecular weight excluding hydrogens is 344 g/mol. The molecule has 3 aromatic rings. The van der Waals surface area contributed by atoms with Gasteiger partial charge in [0.15, 0.2) is 6.61 Å². The van der Waals surface area contributed by atoms with Crippen molar-refractivity contribution in [3.8, 4) is 5.75 Å². The molecule has 2 aromatic carbocycles. The van der Waals surface area contributed by atoms with E-state index < -0.39 is 0 Å². The van der Waals surface area contributed by atoms with E-state index in [9.17, 15) is 9.59 Å². The zero-order valence-electron chi connectivity index (χ0n) is 14.6. The summed E-state index contributed by atoms with van der Waals surface area (Å²) in [6.45, 7) is 0.138. The highest BCUT2D eigenvalue weighted by atomic mass is 16.5. The number of rotatable bonds is 5. The second-order valence-electron chi connectivity index (χ2n) is 6.13. The number of nitrogens with zero attached hydrogens (tertiary/aromatic N) is 2. The number of benzene rings is 2. The number of hydrogen-bond donors (Lipinski definition) is 0. The number of amides is 2. The lowest BCUT2D eigenvalue weighted by Crippen LogP contribution is -2.46. The second-order valence-corrected chi connectivity index (χ2v) is 6.13. The molecule has 4 rings (SSSR count). The van der Waals surface area contributed by atoms with Gasteiger partial charge in [-0.3, -0.25) is 14.5 Å². The third-order valence-electron chi connectivity index (χ3n) is 4.36. The number of furan rings is 1. The second kappa shape index (κ2) is 7.37. The third-order valence-corrected chi connectivity index (χ3v) is 4.36. The number of carbonyl (C=O) groups excluding carboxylic acids is 2. The number of hydrogen-bond acceptors (Lipinski definition) is 4. The quantitative estimate of drug-likeness (QED) is 0.699. The highest BCUT2D eigenvalue weighted by molar-refractivity contribution is 6.05. The molecule has 0 atom stereocenters. The van der Waals surface area contributed by atoms with Crippen molar-refractivity contribution >= 4 is 23.2 Å². The maximum atomic E-state index is 13.1. The summed E-state index contributed by atoms with van der Waals surface area (Å²) in [6, 6.07) is 20.2. The van der Waals surface area contributed by atoms with Crippen molar-refractivity contribution in [2.24, 2.45) is 0 Å². The fourth-order valence-corrected chi connectivity index (χ4v) is 3.04. The maximum Gasteiger partial charge on any atom is 0.265 e. The zero-order valence-corrected chi connectivity index (χ0v) is 14.6. The highest BCUT2D eigenvalue weighted by Crippen LogP contribution is 2.31. The van der Waals surface area contributed by atoms with Gasteiger partial charge in [-0.15, -0.1) is 0 Å². The summed E-state index contributed by atoms with van der Waals surface area (Å²) in [6.07, 6.45) is 1.57. The lowest BCUT2D eigenvalue weighted by atomic mass is 10.2. The largest absolute Gasteiger partial charge is 0.482 e. The van der Waals surface area contributed by atoms with E-state index >= 15 is 0 Å². The van der Waals surface area contributed by atoms with Crippen LogP contribution >= 0.6 is 0 Å². The SMILES string of the molecule is O=C(CN1C(=O)COc2ccccc21)N(Cc1ccco1)c1ccccc1. The first kappa shape index (κ1) is 16.9. The van der Waals surface area contributed by atoms with E-state index in [4.69, 9.17) is 9.15 Å². The molecule has 27 heavy (non-hydrogen) atoms. The molecule has 0 fully saturated rings. The van der Waals surface area contributed by atoms with Crippen LogP contribution in [0.25, 0.3) is 0 Å². The normalized spacial score (nSPS) is 13.0. The van der Waals surface area contributed by atoms with Crippen molar-refractivity contribution < 1.29 is 18.7 Å². The lowest BCUT2D eigenvalue weighted by Gasteiger charge is -2.31. The summed E-state index contributed by atoms with van der Waals surface area (Å²) >= 11 is 0. The fraction of sp³-hybridized carbons (Fsp3) is 0.143. The summed E-state index contributed by atoms with van der Waals surface area (Å²) in [7, 11) is 0. The molecule has 136 valence electrons. The van der Waals surface area contributed by atoms with Gasteiger partial charge in [0.2, 0.25) is 5.91 Å². The average molecular weight is 362 g/mol.